The number of carbonyl (C=O) groups is 2. The summed E-state index contributed by atoms with van der Waals surface area (Å²) in [5, 5.41) is 2.87. The van der Waals surface area contributed by atoms with Crippen LogP contribution in [0.4, 0.5) is 4.39 Å². The van der Waals surface area contributed by atoms with Crippen LogP contribution >= 0.6 is 0 Å². The van der Waals surface area contributed by atoms with Crippen molar-refractivity contribution in [1.29, 1.82) is 0 Å². The van der Waals surface area contributed by atoms with Crippen molar-refractivity contribution in [3.8, 4) is 0 Å². The summed E-state index contributed by atoms with van der Waals surface area (Å²) in [6.07, 6.45) is 4.25. The van der Waals surface area contributed by atoms with Crippen molar-refractivity contribution >= 4 is 11.8 Å². The predicted octanol–water partition coefficient (Wildman–Crippen LogP) is 1.93. The van der Waals surface area contributed by atoms with Crippen molar-refractivity contribution in [3.63, 3.8) is 0 Å². The van der Waals surface area contributed by atoms with Crippen LogP contribution in [0.1, 0.15) is 17.5 Å². The molecule has 1 unspecified atom stereocenters. The summed E-state index contributed by atoms with van der Waals surface area (Å²) < 4.78 is 12.9. The van der Waals surface area contributed by atoms with E-state index < -0.39 is 0 Å². The number of rotatable bonds is 6. The molecule has 2 aromatic rings. The largest absolute Gasteiger partial charge is 0.352 e. The van der Waals surface area contributed by atoms with Crippen LogP contribution in [0.3, 0.4) is 0 Å². The highest BCUT2D eigenvalue weighted by Gasteiger charge is 2.33. The topological polar surface area (TPSA) is 62.3 Å². The molecule has 130 valence electrons. The Kier molecular flexibility index (Phi) is 5.38. The standard InChI is InChI=1S/C19H20FN3O2/c20-17-3-1-14(2-4-17)7-10-23-13-16(11-18(23)24)19(25)22-12-15-5-8-21-9-6-15/h1-6,8-9,16H,7,10-13H2,(H,22,25). The first-order valence-electron chi connectivity index (χ1n) is 8.30. The molecule has 25 heavy (non-hydrogen) atoms. The van der Waals surface area contributed by atoms with Gasteiger partial charge in [-0.05, 0) is 41.8 Å². The van der Waals surface area contributed by atoms with Crippen LogP contribution in [0.25, 0.3) is 0 Å². The van der Waals surface area contributed by atoms with Crippen molar-refractivity contribution in [2.75, 3.05) is 13.1 Å². The Morgan fingerprint density at radius 3 is 2.60 bits per heavy atom. The minimum Gasteiger partial charge on any atom is -0.352 e. The number of likely N-dealkylation sites (tertiary alicyclic amines) is 1. The third-order valence-corrected chi connectivity index (χ3v) is 4.39. The number of nitrogens with one attached hydrogen (secondary N) is 1. The van der Waals surface area contributed by atoms with E-state index in [1.54, 1.807) is 29.4 Å². The second-order valence-electron chi connectivity index (χ2n) is 6.19. The van der Waals surface area contributed by atoms with Gasteiger partial charge in [0, 0.05) is 38.4 Å². The average molecular weight is 341 g/mol. The van der Waals surface area contributed by atoms with Crippen LogP contribution < -0.4 is 5.32 Å². The summed E-state index contributed by atoms with van der Waals surface area (Å²) in [5.41, 5.74) is 1.95. The van der Waals surface area contributed by atoms with Gasteiger partial charge in [-0.1, -0.05) is 12.1 Å². The van der Waals surface area contributed by atoms with E-state index in [4.69, 9.17) is 0 Å². The molecule has 0 bridgehead atoms. The van der Waals surface area contributed by atoms with Crippen molar-refractivity contribution in [2.45, 2.75) is 19.4 Å². The molecule has 1 aromatic heterocycles. The fourth-order valence-electron chi connectivity index (χ4n) is 2.91. The summed E-state index contributed by atoms with van der Waals surface area (Å²) >= 11 is 0. The zero-order chi connectivity index (χ0) is 17.6. The lowest BCUT2D eigenvalue weighted by atomic mass is 10.1. The molecular formula is C19H20FN3O2. The number of carbonyl (C=O) groups excluding carboxylic acids is 2. The number of halogens is 1. The lowest BCUT2D eigenvalue weighted by molar-refractivity contribution is -0.129. The molecule has 1 fully saturated rings. The van der Waals surface area contributed by atoms with E-state index in [0.29, 0.717) is 26.1 Å². The quantitative estimate of drug-likeness (QED) is 0.873. The van der Waals surface area contributed by atoms with Gasteiger partial charge in [0.25, 0.3) is 0 Å². The Morgan fingerprint density at radius 2 is 1.88 bits per heavy atom. The van der Waals surface area contributed by atoms with Crippen LogP contribution in [0, 0.1) is 11.7 Å². The molecule has 1 atom stereocenters. The Labute approximate surface area is 145 Å². The molecule has 2 heterocycles. The first kappa shape index (κ1) is 17.1. The zero-order valence-corrected chi connectivity index (χ0v) is 13.8. The second kappa shape index (κ2) is 7.88. The highest BCUT2D eigenvalue weighted by Crippen LogP contribution is 2.19. The maximum absolute atomic E-state index is 12.9. The van der Waals surface area contributed by atoms with Crippen LogP contribution in [0.5, 0.6) is 0 Å². The summed E-state index contributed by atoms with van der Waals surface area (Å²) in [4.78, 5) is 30.0. The summed E-state index contributed by atoms with van der Waals surface area (Å²) in [7, 11) is 0. The first-order valence-corrected chi connectivity index (χ1v) is 8.30. The molecule has 0 aliphatic carbocycles. The second-order valence-corrected chi connectivity index (χ2v) is 6.19. The SMILES string of the molecule is O=C(NCc1ccncc1)C1CC(=O)N(CCc2ccc(F)cc2)C1. The monoisotopic (exact) mass is 341 g/mol. The summed E-state index contributed by atoms with van der Waals surface area (Å²) in [6, 6.07) is 9.95. The van der Waals surface area contributed by atoms with E-state index in [1.807, 2.05) is 12.1 Å². The maximum atomic E-state index is 12.9. The van der Waals surface area contributed by atoms with Gasteiger partial charge < -0.3 is 10.2 Å². The smallest absolute Gasteiger partial charge is 0.225 e. The first-order chi connectivity index (χ1) is 12.1. The number of nitrogens with zero attached hydrogens (tertiary/aromatic N) is 2. The van der Waals surface area contributed by atoms with Gasteiger partial charge in [0.2, 0.25) is 11.8 Å². The Bertz CT molecular complexity index is 734. The van der Waals surface area contributed by atoms with Crippen LogP contribution in [0.2, 0.25) is 0 Å². The van der Waals surface area contributed by atoms with E-state index in [2.05, 4.69) is 10.3 Å². The third-order valence-electron chi connectivity index (χ3n) is 4.39. The van der Waals surface area contributed by atoms with E-state index in [9.17, 15) is 14.0 Å². The molecular weight excluding hydrogens is 321 g/mol. The molecule has 0 saturated carbocycles. The van der Waals surface area contributed by atoms with Crippen LogP contribution in [-0.2, 0) is 22.6 Å². The molecule has 1 aliphatic rings. The van der Waals surface area contributed by atoms with Crippen LogP contribution in [0.15, 0.2) is 48.8 Å². The molecule has 1 saturated heterocycles. The van der Waals surface area contributed by atoms with Crippen molar-refractivity contribution in [1.82, 2.24) is 15.2 Å². The number of pyridine rings is 1. The Morgan fingerprint density at radius 1 is 1.16 bits per heavy atom. The lowest BCUT2D eigenvalue weighted by Gasteiger charge is -2.16. The minimum absolute atomic E-state index is 0.00817. The third kappa shape index (κ3) is 4.62. The number of aromatic nitrogens is 1. The Hall–Kier alpha value is -2.76. The molecule has 1 aliphatic heterocycles. The van der Waals surface area contributed by atoms with Gasteiger partial charge in [0.15, 0.2) is 0 Å². The fraction of sp³-hybridized carbons (Fsp3) is 0.316. The molecule has 0 spiro atoms. The zero-order valence-electron chi connectivity index (χ0n) is 13.8. The number of hydrogen-bond acceptors (Lipinski definition) is 3. The van der Waals surface area contributed by atoms with Gasteiger partial charge in [0.1, 0.15) is 5.82 Å². The molecule has 0 radical (unpaired) electrons. The van der Waals surface area contributed by atoms with E-state index in [-0.39, 0.29) is 30.0 Å². The van der Waals surface area contributed by atoms with Gasteiger partial charge >= 0.3 is 0 Å². The van der Waals surface area contributed by atoms with Crippen molar-refractivity contribution < 1.29 is 14.0 Å². The van der Waals surface area contributed by atoms with Gasteiger partial charge in [-0.2, -0.15) is 0 Å². The molecule has 1 N–H and O–H groups in total. The van der Waals surface area contributed by atoms with Gasteiger partial charge in [-0.15, -0.1) is 0 Å². The highest BCUT2D eigenvalue weighted by atomic mass is 19.1. The molecule has 5 nitrogen and oxygen atoms in total. The highest BCUT2D eigenvalue weighted by molar-refractivity contribution is 5.89. The van der Waals surface area contributed by atoms with Crippen molar-refractivity contribution in [3.05, 3.63) is 65.7 Å². The van der Waals surface area contributed by atoms with E-state index in [0.717, 1.165) is 11.1 Å². The van der Waals surface area contributed by atoms with E-state index in [1.165, 1.54) is 12.1 Å². The normalized spacial score (nSPS) is 16.9. The van der Waals surface area contributed by atoms with Gasteiger partial charge in [-0.25, -0.2) is 4.39 Å². The fourth-order valence-corrected chi connectivity index (χ4v) is 2.91. The predicted molar refractivity (Wildman–Crippen MR) is 90.9 cm³/mol. The average Bonchev–Trinajstić information content (AvgIpc) is 3.01. The Balaban J connectivity index is 1.48. The van der Waals surface area contributed by atoms with Crippen LogP contribution in [-0.4, -0.2) is 34.8 Å². The minimum atomic E-state index is -0.317. The van der Waals surface area contributed by atoms with E-state index >= 15 is 0 Å². The van der Waals surface area contributed by atoms with Gasteiger partial charge in [-0.3, -0.25) is 14.6 Å². The molecule has 3 rings (SSSR count). The number of benzene rings is 1. The lowest BCUT2D eigenvalue weighted by Crippen LogP contribution is -2.33. The van der Waals surface area contributed by atoms with Gasteiger partial charge in [0.05, 0.1) is 5.92 Å². The maximum Gasteiger partial charge on any atom is 0.225 e. The number of amides is 2. The number of hydrogen-bond donors (Lipinski definition) is 1. The van der Waals surface area contributed by atoms with Crippen molar-refractivity contribution in [2.24, 2.45) is 5.92 Å². The molecule has 6 heteroatoms. The summed E-state index contributed by atoms with van der Waals surface area (Å²) in [6.45, 7) is 1.41. The molecule has 1 aromatic carbocycles. The summed E-state index contributed by atoms with van der Waals surface area (Å²) in [5.74, 6) is -0.699. The molecule has 2 amide bonds.